The van der Waals surface area contributed by atoms with E-state index in [9.17, 15) is 14.4 Å². The third-order valence-corrected chi connectivity index (χ3v) is 4.48. The number of aliphatic hydroxyl groups excluding tert-OH is 1. The van der Waals surface area contributed by atoms with Gasteiger partial charge in [0.2, 0.25) is 0 Å². The van der Waals surface area contributed by atoms with Crippen LogP contribution in [0.15, 0.2) is 0 Å². The number of hydrogen-bond donors (Lipinski definition) is 4. The molecule has 0 aliphatic rings. The van der Waals surface area contributed by atoms with E-state index in [1.54, 1.807) is 6.92 Å². The maximum absolute atomic E-state index is 10.0. The Morgan fingerprint density at radius 3 is 0.765 bits per heavy atom. The predicted octanol–water partition coefficient (Wildman–Crippen LogP) is 7.29. The first-order valence-corrected chi connectivity index (χ1v) is 13.0. The first-order chi connectivity index (χ1) is 15.7. The van der Waals surface area contributed by atoms with E-state index < -0.39 is 17.9 Å². The smallest absolute Gasteiger partial charge is 0.303 e. The molecule has 0 aromatic rings. The van der Waals surface area contributed by atoms with Gasteiger partial charge >= 0.3 is 17.9 Å². The number of hydrogen-bond acceptors (Lipinski definition) is 4. The van der Waals surface area contributed by atoms with Crippen molar-refractivity contribution in [3.8, 4) is 0 Å². The average molecular weight is 570 g/mol. The van der Waals surface area contributed by atoms with Gasteiger partial charge in [0.1, 0.15) is 0 Å². The van der Waals surface area contributed by atoms with Gasteiger partial charge in [-0.1, -0.05) is 97.8 Å². The molecular weight excluding hydrogens is 516 g/mol. The van der Waals surface area contributed by atoms with E-state index >= 15 is 0 Å². The fraction of sp³-hybridized carbons (Fsp3) is 0.885. The first-order valence-electron chi connectivity index (χ1n) is 13.0. The van der Waals surface area contributed by atoms with Crippen molar-refractivity contribution in [2.45, 2.75) is 143 Å². The summed E-state index contributed by atoms with van der Waals surface area (Å²) in [6, 6.07) is 0. The van der Waals surface area contributed by atoms with E-state index in [4.69, 9.17) is 20.4 Å². The van der Waals surface area contributed by atoms with E-state index in [-0.39, 0.29) is 32.8 Å². The van der Waals surface area contributed by atoms with Gasteiger partial charge in [0, 0.05) is 52.1 Å². The second-order valence-corrected chi connectivity index (χ2v) is 7.99. The molecule has 7 nitrogen and oxygen atoms in total. The van der Waals surface area contributed by atoms with Crippen LogP contribution in [0.1, 0.15) is 143 Å². The molecule has 0 aromatic heterocycles. The van der Waals surface area contributed by atoms with Gasteiger partial charge in [0.25, 0.3) is 0 Å². The second kappa shape index (κ2) is 42.4. The van der Waals surface area contributed by atoms with Crippen LogP contribution in [0, 0.1) is 0 Å². The predicted molar refractivity (Wildman–Crippen MR) is 136 cm³/mol. The Bertz CT molecular complexity index is 348. The van der Waals surface area contributed by atoms with Crippen LogP contribution in [0.5, 0.6) is 0 Å². The molecule has 0 rings (SSSR count). The van der Waals surface area contributed by atoms with E-state index in [0.29, 0.717) is 19.3 Å². The summed E-state index contributed by atoms with van der Waals surface area (Å²) in [7, 11) is 0. The second-order valence-electron chi connectivity index (χ2n) is 7.99. The van der Waals surface area contributed by atoms with Crippen molar-refractivity contribution in [3.63, 3.8) is 0 Å². The van der Waals surface area contributed by atoms with Gasteiger partial charge in [0.05, 0.1) is 0 Å². The maximum Gasteiger partial charge on any atom is 0.303 e. The summed E-state index contributed by atoms with van der Waals surface area (Å²) < 4.78 is 0. The number of rotatable bonds is 18. The van der Waals surface area contributed by atoms with Crippen molar-refractivity contribution in [1.29, 1.82) is 0 Å². The molecule has 0 atom stereocenters. The Balaban J connectivity index is -0.000000115. The molecule has 0 spiro atoms. The number of aliphatic hydroxyl groups is 1. The summed E-state index contributed by atoms with van der Waals surface area (Å²) in [4.78, 5) is 30.1. The molecule has 0 radical (unpaired) electrons. The van der Waals surface area contributed by atoms with Crippen LogP contribution in [0.4, 0.5) is 0 Å². The molecule has 0 heterocycles. The molecule has 0 aliphatic heterocycles. The molecule has 0 aliphatic carbocycles. The Hall–Kier alpha value is -0.747. The topological polar surface area (TPSA) is 132 Å². The summed E-state index contributed by atoms with van der Waals surface area (Å²) in [5, 5.41) is 32.4. The Morgan fingerprint density at radius 1 is 0.441 bits per heavy atom. The normalized spacial score (nSPS) is 9.09. The van der Waals surface area contributed by atoms with Crippen LogP contribution in [-0.4, -0.2) is 44.9 Å². The van der Waals surface area contributed by atoms with Gasteiger partial charge in [-0.3, -0.25) is 14.4 Å². The van der Waals surface area contributed by atoms with E-state index in [1.807, 2.05) is 0 Å². The van der Waals surface area contributed by atoms with Crippen molar-refractivity contribution in [3.05, 3.63) is 0 Å². The Morgan fingerprint density at radius 2 is 0.618 bits per heavy atom. The van der Waals surface area contributed by atoms with Crippen LogP contribution in [-0.2, 0) is 40.6 Å². The quantitative estimate of drug-likeness (QED) is 0.127. The van der Waals surface area contributed by atoms with E-state index in [0.717, 1.165) is 38.5 Å². The van der Waals surface area contributed by atoms with Crippen molar-refractivity contribution in [2.75, 3.05) is 6.61 Å². The van der Waals surface area contributed by atoms with Gasteiger partial charge in [-0.05, 0) is 26.2 Å². The summed E-state index contributed by atoms with van der Waals surface area (Å²) in [5.41, 5.74) is 0. The molecule has 8 heteroatoms. The van der Waals surface area contributed by atoms with Crippen LogP contribution < -0.4 is 0 Å². The molecule has 4 N–H and O–H groups in total. The van der Waals surface area contributed by atoms with Crippen LogP contribution in [0.25, 0.3) is 0 Å². The molecular formula is C26H54O7Zr. The number of carboxylic acids is 3. The van der Waals surface area contributed by atoms with E-state index in [2.05, 4.69) is 20.8 Å². The summed E-state index contributed by atoms with van der Waals surface area (Å²) >= 11 is 0. The van der Waals surface area contributed by atoms with Crippen molar-refractivity contribution in [1.82, 2.24) is 0 Å². The average Bonchev–Trinajstić information content (AvgIpc) is 2.74. The molecule has 0 saturated carbocycles. The molecule has 34 heavy (non-hydrogen) atoms. The van der Waals surface area contributed by atoms with Gasteiger partial charge in [-0.25, -0.2) is 0 Å². The molecule has 0 amide bonds. The zero-order valence-corrected chi connectivity index (χ0v) is 24.9. The summed E-state index contributed by atoms with van der Waals surface area (Å²) in [6.07, 6.45) is 17.7. The number of unbranched alkanes of at least 4 members (excludes halogenated alkanes) is 12. The van der Waals surface area contributed by atoms with Gasteiger partial charge < -0.3 is 20.4 Å². The minimum absolute atomic E-state index is 0. The number of carboxylic acid groups (broad SMARTS) is 3. The maximum atomic E-state index is 10.0. The third kappa shape index (κ3) is 69.7. The number of aliphatic carboxylic acids is 3. The fourth-order valence-corrected chi connectivity index (χ4v) is 2.64. The minimum atomic E-state index is -0.670. The van der Waals surface area contributed by atoms with Crippen LogP contribution in [0.3, 0.4) is 0 Å². The zero-order chi connectivity index (χ0) is 26.2. The largest absolute Gasteiger partial charge is 0.481 e. The zero-order valence-electron chi connectivity index (χ0n) is 22.4. The monoisotopic (exact) mass is 568 g/mol. The molecule has 0 unspecified atom stereocenters. The number of carbonyl (C=O) groups is 3. The molecule has 0 saturated heterocycles. The van der Waals surface area contributed by atoms with Crippen molar-refractivity contribution >= 4 is 17.9 Å². The van der Waals surface area contributed by atoms with Gasteiger partial charge in [0.15, 0.2) is 0 Å². The Labute approximate surface area is 228 Å². The summed E-state index contributed by atoms with van der Waals surface area (Å²) in [6.45, 7) is 8.38. The minimum Gasteiger partial charge on any atom is -0.481 e. The standard InChI is InChI=1S/3C8H16O2.C2H6O.Zr/c3*1-2-3-4-5-6-7-8(9)10;1-2-3;/h3*2-7H2,1H3,(H,9,10);3H,2H2,1H3;. The summed E-state index contributed by atoms with van der Waals surface area (Å²) in [5.74, 6) is -2.01. The third-order valence-electron chi connectivity index (χ3n) is 4.48. The SMILES string of the molecule is CCCCCCCC(=O)O.CCCCCCCC(=O)O.CCCCCCCC(=O)O.CCO.[Zr]. The van der Waals surface area contributed by atoms with Crippen LogP contribution in [0.2, 0.25) is 0 Å². The Kier molecular flexibility index (Phi) is 54.1. The van der Waals surface area contributed by atoms with Gasteiger partial charge in [-0.2, -0.15) is 0 Å². The van der Waals surface area contributed by atoms with Crippen LogP contribution >= 0.6 is 0 Å². The van der Waals surface area contributed by atoms with Gasteiger partial charge in [-0.15, -0.1) is 0 Å². The van der Waals surface area contributed by atoms with E-state index in [1.165, 1.54) is 57.8 Å². The van der Waals surface area contributed by atoms with Crippen molar-refractivity contribution < 1.29 is 61.0 Å². The molecule has 0 aromatic carbocycles. The first kappa shape index (κ1) is 43.3. The fourth-order valence-electron chi connectivity index (χ4n) is 2.64. The molecule has 204 valence electrons. The van der Waals surface area contributed by atoms with Crippen molar-refractivity contribution in [2.24, 2.45) is 0 Å². The molecule has 0 bridgehead atoms. The molecule has 0 fully saturated rings.